The Labute approximate surface area is 213 Å². The average Bonchev–Trinajstić information content (AvgIpc) is 3.21. The molecule has 3 aliphatic rings. The van der Waals surface area contributed by atoms with Gasteiger partial charge in [0.25, 0.3) is 5.91 Å². The van der Waals surface area contributed by atoms with Crippen LogP contribution in [0.1, 0.15) is 78.2 Å². The SMILES string of the molecule is CCOC(=O)c1c(NC(=O)C2=C(C)NC3=C(C(=O)CCC3)[C@@H]2c2ccc(F)cc2)sc2c1CCCC2. The van der Waals surface area contributed by atoms with Crippen molar-refractivity contribution in [3.05, 3.63) is 74.2 Å². The summed E-state index contributed by atoms with van der Waals surface area (Å²) in [6.45, 7) is 3.83. The summed E-state index contributed by atoms with van der Waals surface area (Å²) in [4.78, 5) is 41.0. The van der Waals surface area contributed by atoms with Crippen molar-refractivity contribution in [3.63, 3.8) is 0 Å². The average molecular weight is 509 g/mol. The fourth-order valence-electron chi connectivity index (χ4n) is 5.52. The number of halogens is 1. The molecule has 0 unspecified atom stereocenters. The molecule has 1 amide bonds. The van der Waals surface area contributed by atoms with Gasteiger partial charge in [0, 0.05) is 39.8 Å². The Balaban J connectivity index is 1.56. The summed E-state index contributed by atoms with van der Waals surface area (Å²) >= 11 is 1.43. The molecule has 5 rings (SSSR count). The summed E-state index contributed by atoms with van der Waals surface area (Å²) in [5.74, 6) is -1.82. The number of carbonyl (C=O) groups is 3. The van der Waals surface area contributed by atoms with E-state index in [9.17, 15) is 18.8 Å². The number of ketones is 1. The zero-order valence-corrected chi connectivity index (χ0v) is 21.3. The first-order chi connectivity index (χ1) is 17.4. The van der Waals surface area contributed by atoms with Gasteiger partial charge in [0.2, 0.25) is 0 Å². The van der Waals surface area contributed by atoms with E-state index < -0.39 is 11.9 Å². The molecule has 8 heteroatoms. The van der Waals surface area contributed by atoms with Crippen molar-refractivity contribution in [3.8, 4) is 0 Å². The number of aryl methyl sites for hydroxylation is 1. The lowest BCUT2D eigenvalue weighted by atomic mass is 9.75. The van der Waals surface area contributed by atoms with Gasteiger partial charge < -0.3 is 15.4 Å². The van der Waals surface area contributed by atoms with Gasteiger partial charge in [-0.3, -0.25) is 9.59 Å². The Bertz CT molecular complexity index is 1310. The summed E-state index contributed by atoms with van der Waals surface area (Å²) in [7, 11) is 0. The van der Waals surface area contributed by atoms with Crippen molar-refractivity contribution in [1.82, 2.24) is 5.32 Å². The van der Waals surface area contributed by atoms with Crippen molar-refractivity contribution >= 4 is 34.0 Å². The van der Waals surface area contributed by atoms with Crippen molar-refractivity contribution in [1.29, 1.82) is 0 Å². The van der Waals surface area contributed by atoms with Crippen molar-refractivity contribution < 1.29 is 23.5 Å². The van der Waals surface area contributed by atoms with Crippen molar-refractivity contribution in [2.75, 3.05) is 11.9 Å². The van der Waals surface area contributed by atoms with E-state index in [1.165, 1.54) is 23.5 Å². The Morgan fingerprint density at radius 1 is 1.11 bits per heavy atom. The van der Waals surface area contributed by atoms with Gasteiger partial charge in [-0.2, -0.15) is 0 Å². The summed E-state index contributed by atoms with van der Waals surface area (Å²) in [6.07, 6.45) is 5.56. The van der Waals surface area contributed by atoms with Gasteiger partial charge in [-0.15, -0.1) is 11.3 Å². The standard InChI is InChI=1S/C28H29FN2O4S/c1-3-35-28(34)24-18-7-4-5-10-21(18)36-27(24)31-26(33)22-15(2)30-19-8-6-9-20(32)25(19)23(22)16-11-13-17(29)14-12-16/h11-14,23,30H,3-10H2,1-2H3,(H,31,33)/t23-/m1/s1. The highest BCUT2D eigenvalue weighted by Gasteiger charge is 2.39. The number of rotatable bonds is 5. The first-order valence-corrected chi connectivity index (χ1v) is 13.3. The Morgan fingerprint density at radius 3 is 2.61 bits per heavy atom. The molecular weight excluding hydrogens is 479 g/mol. The number of dihydropyridines is 1. The fraction of sp³-hybridized carbons (Fsp3) is 0.393. The van der Waals surface area contributed by atoms with Crippen LogP contribution >= 0.6 is 11.3 Å². The number of hydrogen-bond acceptors (Lipinski definition) is 6. The van der Waals surface area contributed by atoms with E-state index in [1.54, 1.807) is 19.1 Å². The van der Waals surface area contributed by atoms with Crippen molar-refractivity contribution in [2.24, 2.45) is 0 Å². The number of benzene rings is 1. The number of hydrogen-bond donors (Lipinski definition) is 2. The van der Waals surface area contributed by atoms with Gasteiger partial charge in [-0.25, -0.2) is 9.18 Å². The normalized spacial score (nSPS) is 19.4. The van der Waals surface area contributed by atoms with Gasteiger partial charge in [0.1, 0.15) is 10.8 Å². The largest absolute Gasteiger partial charge is 0.462 e. The van der Waals surface area contributed by atoms with E-state index in [4.69, 9.17) is 4.74 Å². The molecule has 36 heavy (non-hydrogen) atoms. The highest BCUT2D eigenvalue weighted by atomic mass is 32.1. The molecule has 0 fully saturated rings. The molecule has 0 bridgehead atoms. The number of allylic oxidation sites excluding steroid dienone is 3. The zero-order chi connectivity index (χ0) is 25.4. The molecule has 0 saturated heterocycles. The minimum atomic E-state index is -0.615. The first kappa shape index (κ1) is 24.4. The highest BCUT2D eigenvalue weighted by Crippen LogP contribution is 2.44. The minimum absolute atomic E-state index is 0.00493. The number of ether oxygens (including phenoxy) is 1. The molecule has 1 aromatic heterocycles. The van der Waals surface area contributed by atoms with Gasteiger partial charge in [0.15, 0.2) is 5.78 Å². The van der Waals surface area contributed by atoms with E-state index in [-0.39, 0.29) is 24.1 Å². The van der Waals surface area contributed by atoms with Crippen molar-refractivity contribution in [2.45, 2.75) is 64.7 Å². The highest BCUT2D eigenvalue weighted by molar-refractivity contribution is 7.17. The summed E-state index contributed by atoms with van der Waals surface area (Å²) in [6, 6.07) is 5.96. The number of thiophene rings is 1. The third-order valence-corrected chi connectivity index (χ3v) is 8.31. The van der Waals surface area contributed by atoms with E-state index in [1.807, 2.05) is 6.92 Å². The maximum atomic E-state index is 13.9. The molecule has 2 aromatic rings. The number of Topliss-reactive ketones (excluding diaryl/α,β-unsaturated/α-hetero) is 1. The van der Waals surface area contributed by atoms with Crippen LogP contribution in [-0.2, 0) is 27.2 Å². The Hall–Kier alpha value is -3.26. The molecule has 2 aliphatic carbocycles. The van der Waals surface area contributed by atoms with Gasteiger partial charge in [-0.1, -0.05) is 12.1 Å². The van der Waals surface area contributed by atoms with Gasteiger partial charge in [-0.05, 0) is 75.6 Å². The lowest BCUT2D eigenvalue weighted by Gasteiger charge is -2.34. The number of fused-ring (bicyclic) bond motifs is 1. The molecule has 2 N–H and O–H groups in total. The van der Waals surface area contributed by atoms with Crippen LogP contribution in [0.2, 0.25) is 0 Å². The van der Waals surface area contributed by atoms with Gasteiger partial charge in [0.05, 0.1) is 12.2 Å². The number of nitrogens with one attached hydrogen (secondary N) is 2. The van der Waals surface area contributed by atoms with Crippen LogP contribution in [-0.4, -0.2) is 24.3 Å². The second kappa shape index (κ2) is 10.0. The monoisotopic (exact) mass is 508 g/mol. The molecular formula is C28H29FN2O4S. The van der Waals surface area contributed by atoms with E-state index in [2.05, 4.69) is 10.6 Å². The zero-order valence-electron chi connectivity index (χ0n) is 20.5. The molecule has 0 saturated carbocycles. The lowest BCUT2D eigenvalue weighted by Crippen LogP contribution is -2.35. The van der Waals surface area contributed by atoms with Crippen LogP contribution in [0.25, 0.3) is 0 Å². The first-order valence-electron chi connectivity index (χ1n) is 12.5. The fourth-order valence-corrected chi connectivity index (χ4v) is 6.79. The van der Waals surface area contributed by atoms with E-state index >= 15 is 0 Å². The number of anilines is 1. The Kier molecular flexibility index (Phi) is 6.79. The van der Waals surface area contributed by atoms with Crippen LogP contribution < -0.4 is 10.6 Å². The molecule has 1 atom stereocenters. The maximum Gasteiger partial charge on any atom is 0.341 e. The van der Waals surface area contributed by atoms with Crippen LogP contribution in [0.3, 0.4) is 0 Å². The molecule has 6 nitrogen and oxygen atoms in total. The van der Waals surface area contributed by atoms with E-state index in [0.717, 1.165) is 54.7 Å². The molecule has 0 spiro atoms. The minimum Gasteiger partial charge on any atom is -0.462 e. The van der Waals surface area contributed by atoms with Gasteiger partial charge >= 0.3 is 5.97 Å². The molecule has 1 aromatic carbocycles. The quantitative estimate of drug-likeness (QED) is 0.518. The summed E-state index contributed by atoms with van der Waals surface area (Å²) in [5, 5.41) is 6.78. The third kappa shape index (κ3) is 4.39. The molecule has 1 aliphatic heterocycles. The predicted octanol–water partition coefficient (Wildman–Crippen LogP) is 5.55. The smallest absolute Gasteiger partial charge is 0.341 e. The van der Waals surface area contributed by atoms with Crippen LogP contribution in [0.5, 0.6) is 0 Å². The number of carbonyl (C=O) groups excluding carboxylic acids is 3. The Morgan fingerprint density at radius 2 is 1.86 bits per heavy atom. The van der Waals surface area contributed by atoms with Crippen LogP contribution in [0.15, 0.2) is 46.8 Å². The lowest BCUT2D eigenvalue weighted by molar-refractivity contribution is -0.116. The summed E-state index contributed by atoms with van der Waals surface area (Å²) in [5.41, 5.74) is 4.54. The van der Waals surface area contributed by atoms with E-state index in [0.29, 0.717) is 39.4 Å². The number of amides is 1. The summed E-state index contributed by atoms with van der Waals surface area (Å²) < 4.78 is 19.1. The molecule has 188 valence electrons. The third-order valence-electron chi connectivity index (χ3n) is 7.10. The predicted molar refractivity (Wildman–Crippen MR) is 136 cm³/mol. The van der Waals surface area contributed by atoms with Crippen LogP contribution in [0, 0.1) is 5.82 Å². The second-order valence-electron chi connectivity index (χ2n) is 9.41. The number of esters is 1. The molecule has 0 radical (unpaired) electrons. The molecule has 2 heterocycles. The second-order valence-corrected chi connectivity index (χ2v) is 10.5. The maximum absolute atomic E-state index is 13.9. The van der Waals surface area contributed by atoms with Crippen LogP contribution in [0.4, 0.5) is 9.39 Å². The topological polar surface area (TPSA) is 84.5 Å².